The van der Waals surface area contributed by atoms with E-state index >= 15 is 0 Å². The first-order valence-corrected chi connectivity index (χ1v) is 6.10. The molecule has 0 saturated heterocycles. The smallest absolute Gasteiger partial charge is 0.0717 e. The van der Waals surface area contributed by atoms with Crippen LogP contribution in [-0.4, -0.2) is 20.3 Å². The monoisotopic (exact) mass is 234 g/mol. The van der Waals surface area contributed by atoms with E-state index in [1.807, 2.05) is 18.2 Å². The Kier molecular flexibility index (Phi) is 7.35. The Morgan fingerprint density at radius 2 is 2.00 bits per heavy atom. The van der Waals surface area contributed by atoms with E-state index in [9.17, 15) is 0 Å². The fraction of sp³-hybridized carbons (Fsp3) is 0.467. The quantitative estimate of drug-likeness (QED) is 0.507. The zero-order chi connectivity index (χ0) is 12.3. The molecule has 1 rings (SSSR count). The second-order valence-electron chi connectivity index (χ2n) is 4.19. The van der Waals surface area contributed by atoms with Crippen molar-refractivity contribution < 1.29 is 9.47 Å². The van der Waals surface area contributed by atoms with Crippen LogP contribution in [0.2, 0.25) is 0 Å². The fourth-order valence-corrected chi connectivity index (χ4v) is 1.51. The molecule has 1 atom stereocenters. The van der Waals surface area contributed by atoms with E-state index in [1.54, 1.807) is 7.11 Å². The van der Waals surface area contributed by atoms with Gasteiger partial charge in [-0.1, -0.05) is 49.4 Å². The van der Waals surface area contributed by atoms with Crippen LogP contribution in [0.1, 0.15) is 18.9 Å². The Morgan fingerprint density at radius 3 is 2.71 bits per heavy atom. The molecular weight excluding hydrogens is 212 g/mol. The lowest BCUT2D eigenvalue weighted by atomic mass is 10.1. The highest BCUT2D eigenvalue weighted by atomic mass is 16.5. The molecule has 0 saturated carbocycles. The van der Waals surface area contributed by atoms with Gasteiger partial charge in [0.2, 0.25) is 0 Å². The number of ether oxygens (including phenoxy) is 2. The molecule has 94 valence electrons. The van der Waals surface area contributed by atoms with Gasteiger partial charge in [0.25, 0.3) is 0 Å². The Bertz CT molecular complexity index is 306. The molecule has 0 aliphatic heterocycles. The number of methoxy groups -OCH3 is 1. The van der Waals surface area contributed by atoms with E-state index in [4.69, 9.17) is 9.47 Å². The van der Waals surface area contributed by atoms with Gasteiger partial charge in [-0.2, -0.15) is 0 Å². The van der Waals surface area contributed by atoms with Crippen molar-refractivity contribution in [3.63, 3.8) is 0 Å². The van der Waals surface area contributed by atoms with Crippen LogP contribution in [0.15, 0.2) is 42.5 Å². The average Bonchev–Trinajstić information content (AvgIpc) is 2.36. The number of hydrogen-bond donors (Lipinski definition) is 0. The maximum atomic E-state index is 5.66. The summed E-state index contributed by atoms with van der Waals surface area (Å²) in [5.74, 6) is 0.454. The molecule has 0 aliphatic carbocycles. The zero-order valence-electron chi connectivity index (χ0n) is 10.8. The lowest BCUT2D eigenvalue weighted by Crippen LogP contribution is -2.03. The average molecular weight is 234 g/mol. The Balaban J connectivity index is 2.12. The van der Waals surface area contributed by atoms with Crippen molar-refractivity contribution in [1.29, 1.82) is 0 Å². The Hall–Kier alpha value is -1.12. The predicted octanol–water partition coefficient (Wildman–Crippen LogP) is 3.43. The van der Waals surface area contributed by atoms with E-state index in [0.29, 0.717) is 12.5 Å². The Morgan fingerprint density at radius 1 is 1.24 bits per heavy atom. The standard InChI is InChI=1S/C15H22O2/c1-14(8-6-7-11-16-2)12-17-13-15-9-4-3-5-10-15/h3-6,8-10,14H,7,11-13H2,1-2H3/b8-6+/t14-/m0/s1. The summed E-state index contributed by atoms with van der Waals surface area (Å²) in [6, 6.07) is 10.3. The van der Waals surface area contributed by atoms with Crippen LogP contribution in [0, 0.1) is 5.92 Å². The summed E-state index contributed by atoms with van der Waals surface area (Å²) in [7, 11) is 1.72. The highest BCUT2D eigenvalue weighted by Gasteiger charge is 1.97. The van der Waals surface area contributed by atoms with Gasteiger partial charge in [-0.15, -0.1) is 0 Å². The van der Waals surface area contributed by atoms with Crippen molar-refractivity contribution >= 4 is 0 Å². The number of benzene rings is 1. The van der Waals surface area contributed by atoms with Crippen LogP contribution in [0.5, 0.6) is 0 Å². The summed E-state index contributed by atoms with van der Waals surface area (Å²) < 4.78 is 10.6. The molecule has 0 heterocycles. The molecule has 0 unspecified atom stereocenters. The molecule has 0 fully saturated rings. The summed E-state index contributed by atoms with van der Waals surface area (Å²) in [4.78, 5) is 0. The van der Waals surface area contributed by atoms with Gasteiger partial charge in [0.15, 0.2) is 0 Å². The van der Waals surface area contributed by atoms with Gasteiger partial charge in [-0.25, -0.2) is 0 Å². The molecule has 0 aliphatic rings. The molecule has 0 N–H and O–H groups in total. The minimum absolute atomic E-state index is 0.454. The van der Waals surface area contributed by atoms with Crippen LogP contribution in [-0.2, 0) is 16.1 Å². The van der Waals surface area contributed by atoms with Crippen LogP contribution in [0.3, 0.4) is 0 Å². The van der Waals surface area contributed by atoms with Crippen molar-refractivity contribution in [2.24, 2.45) is 5.92 Å². The van der Waals surface area contributed by atoms with E-state index in [-0.39, 0.29) is 0 Å². The first kappa shape index (κ1) is 13.9. The molecule has 1 aromatic carbocycles. The largest absolute Gasteiger partial charge is 0.384 e. The van der Waals surface area contributed by atoms with Crippen LogP contribution >= 0.6 is 0 Å². The van der Waals surface area contributed by atoms with Crippen LogP contribution in [0.4, 0.5) is 0 Å². The van der Waals surface area contributed by atoms with Gasteiger partial charge in [0.05, 0.1) is 13.2 Å². The predicted molar refractivity (Wildman–Crippen MR) is 70.9 cm³/mol. The summed E-state index contributed by atoms with van der Waals surface area (Å²) in [6.45, 7) is 4.40. The van der Waals surface area contributed by atoms with Gasteiger partial charge in [-0.05, 0) is 17.9 Å². The maximum absolute atomic E-state index is 5.66. The molecule has 2 heteroatoms. The van der Waals surface area contributed by atoms with Crippen molar-refractivity contribution in [2.45, 2.75) is 20.0 Å². The van der Waals surface area contributed by atoms with Crippen molar-refractivity contribution in [1.82, 2.24) is 0 Å². The second-order valence-corrected chi connectivity index (χ2v) is 4.19. The third-order valence-electron chi connectivity index (χ3n) is 2.45. The third-order valence-corrected chi connectivity index (χ3v) is 2.45. The topological polar surface area (TPSA) is 18.5 Å². The first-order valence-electron chi connectivity index (χ1n) is 6.10. The number of rotatable bonds is 8. The van der Waals surface area contributed by atoms with Gasteiger partial charge < -0.3 is 9.47 Å². The Labute approximate surface area is 104 Å². The van der Waals surface area contributed by atoms with Crippen molar-refractivity contribution in [3.8, 4) is 0 Å². The molecule has 0 bridgehead atoms. The van der Waals surface area contributed by atoms with E-state index < -0.39 is 0 Å². The summed E-state index contributed by atoms with van der Waals surface area (Å²) in [6.07, 6.45) is 5.31. The first-order chi connectivity index (χ1) is 8.33. The molecule has 2 nitrogen and oxygen atoms in total. The van der Waals surface area contributed by atoms with Gasteiger partial charge in [0, 0.05) is 13.7 Å². The lowest BCUT2D eigenvalue weighted by Gasteiger charge is -2.08. The summed E-state index contributed by atoms with van der Waals surface area (Å²) in [5, 5.41) is 0. The number of hydrogen-bond acceptors (Lipinski definition) is 2. The van der Waals surface area contributed by atoms with Crippen LogP contribution < -0.4 is 0 Å². The van der Waals surface area contributed by atoms with E-state index in [2.05, 4.69) is 31.2 Å². The minimum Gasteiger partial charge on any atom is -0.384 e. The molecular formula is C15H22O2. The van der Waals surface area contributed by atoms with E-state index in [1.165, 1.54) is 5.56 Å². The highest BCUT2D eigenvalue weighted by Crippen LogP contribution is 2.04. The second kappa shape index (κ2) is 8.97. The van der Waals surface area contributed by atoms with Crippen molar-refractivity contribution in [2.75, 3.05) is 20.3 Å². The molecule has 0 radical (unpaired) electrons. The van der Waals surface area contributed by atoms with Gasteiger partial charge in [0.1, 0.15) is 0 Å². The van der Waals surface area contributed by atoms with E-state index in [0.717, 1.165) is 19.6 Å². The zero-order valence-corrected chi connectivity index (χ0v) is 10.8. The van der Waals surface area contributed by atoms with Crippen molar-refractivity contribution in [3.05, 3.63) is 48.0 Å². The molecule has 0 spiro atoms. The molecule has 0 aromatic heterocycles. The van der Waals surface area contributed by atoms with Gasteiger partial charge in [-0.3, -0.25) is 0 Å². The SMILES string of the molecule is COCC/C=C/[C@H](C)COCc1ccccc1. The van der Waals surface area contributed by atoms with Crippen LogP contribution in [0.25, 0.3) is 0 Å². The summed E-state index contributed by atoms with van der Waals surface area (Å²) >= 11 is 0. The molecule has 17 heavy (non-hydrogen) atoms. The minimum atomic E-state index is 0.454. The van der Waals surface area contributed by atoms with Gasteiger partial charge >= 0.3 is 0 Å². The highest BCUT2D eigenvalue weighted by molar-refractivity contribution is 5.13. The molecule has 1 aromatic rings. The maximum Gasteiger partial charge on any atom is 0.0717 e. The third kappa shape index (κ3) is 6.93. The fourth-order valence-electron chi connectivity index (χ4n) is 1.51. The lowest BCUT2D eigenvalue weighted by molar-refractivity contribution is 0.104. The molecule has 0 amide bonds. The summed E-state index contributed by atoms with van der Waals surface area (Å²) in [5.41, 5.74) is 1.23. The normalized spacial score (nSPS) is 13.1.